The molecule has 0 aliphatic rings. The molecule has 0 saturated carbocycles. The molecule has 1 heterocycles. The van der Waals surface area contributed by atoms with Gasteiger partial charge >= 0.3 is 0 Å². The zero-order valence-electron chi connectivity index (χ0n) is 9.68. The van der Waals surface area contributed by atoms with Gasteiger partial charge in [0.15, 0.2) is 5.78 Å². The van der Waals surface area contributed by atoms with Crippen LogP contribution >= 0.6 is 0 Å². The molecular formula is C14H14N2O. The summed E-state index contributed by atoms with van der Waals surface area (Å²) < 4.78 is 0. The molecule has 2 N–H and O–H groups in total. The summed E-state index contributed by atoms with van der Waals surface area (Å²) >= 11 is 0. The van der Waals surface area contributed by atoms with E-state index in [-0.39, 0.29) is 5.78 Å². The van der Waals surface area contributed by atoms with Crippen LogP contribution in [0.2, 0.25) is 0 Å². The Morgan fingerprint density at radius 2 is 2.12 bits per heavy atom. The standard InChI is InChI=1S/C14H14N2O/c1-10-5-6-12(9-16-10)14(17)8-11-3-2-4-13(15)7-11/h2-7,9H,8,15H2,1H3. The molecule has 0 unspecified atom stereocenters. The highest BCUT2D eigenvalue weighted by atomic mass is 16.1. The Balaban J connectivity index is 2.14. The van der Waals surface area contributed by atoms with Crippen molar-refractivity contribution in [2.24, 2.45) is 0 Å². The third kappa shape index (κ3) is 2.91. The number of hydrogen-bond acceptors (Lipinski definition) is 3. The van der Waals surface area contributed by atoms with Gasteiger partial charge in [-0.15, -0.1) is 0 Å². The van der Waals surface area contributed by atoms with E-state index >= 15 is 0 Å². The quantitative estimate of drug-likeness (QED) is 0.645. The highest BCUT2D eigenvalue weighted by molar-refractivity contribution is 5.97. The Labute approximate surface area is 100 Å². The van der Waals surface area contributed by atoms with E-state index in [9.17, 15) is 4.79 Å². The molecule has 0 aliphatic heterocycles. The molecule has 0 amide bonds. The molecule has 0 spiro atoms. The van der Waals surface area contributed by atoms with Gasteiger partial charge in [0.05, 0.1) is 0 Å². The van der Waals surface area contributed by atoms with Crippen molar-refractivity contribution in [1.82, 2.24) is 4.98 Å². The molecule has 3 nitrogen and oxygen atoms in total. The maximum Gasteiger partial charge on any atom is 0.168 e. The van der Waals surface area contributed by atoms with E-state index in [0.717, 1.165) is 11.3 Å². The largest absolute Gasteiger partial charge is 0.399 e. The van der Waals surface area contributed by atoms with Crippen LogP contribution in [0.1, 0.15) is 21.6 Å². The molecule has 2 aromatic rings. The topological polar surface area (TPSA) is 56.0 Å². The molecule has 0 aliphatic carbocycles. The Bertz CT molecular complexity index is 532. The van der Waals surface area contributed by atoms with E-state index in [0.29, 0.717) is 17.7 Å². The Kier molecular flexibility index (Phi) is 3.19. The molecule has 0 saturated heterocycles. The van der Waals surface area contributed by atoms with E-state index in [2.05, 4.69) is 4.98 Å². The zero-order chi connectivity index (χ0) is 12.3. The van der Waals surface area contributed by atoms with Crippen LogP contribution in [0, 0.1) is 6.92 Å². The van der Waals surface area contributed by atoms with Crippen LogP contribution < -0.4 is 5.73 Å². The van der Waals surface area contributed by atoms with Crippen molar-refractivity contribution in [3.63, 3.8) is 0 Å². The Morgan fingerprint density at radius 3 is 2.76 bits per heavy atom. The van der Waals surface area contributed by atoms with E-state index in [1.165, 1.54) is 0 Å². The minimum Gasteiger partial charge on any atom is -0.399 e. The average molecular weight is 226 g/mol. The summed E-state index contributed by atoms with van der Waals surface area (Å²) in [5, 5.41) is 0. The number of nitrogens with zero attached hydrogens (tertiary/aromatic N) is 1. The van der Waals surface area contributed by atoms with Crippen molar-refractivity contribution in [2.45, 2.75) is 13.3 Å². The fraction of sp³-hybridized carbons (Fsp3) is 0.143. The summed E-state index contributed by atoms with van der Waals surface area (Å²) in [7, 11) is 0. The van der Waals surface area contributed by atoms with Gasteiger partial charge < -0.3 is 5.73 Å². The molecule has 0 atom stereocenters. The fourth-order valence-electron chi connectivity index (χ4n) is 1.62. The summed E-state index contributed by atoms with van der Waals surface area (Å²) in [6, 6.07) is 11.0. The number of Topliss-reactive ketones (excluding diaryl/α,β-unsaturated/α-hetero) is 1. The first-order chi connectivity index (χ1) is 8.15. The summed E-state index contributed by atoms with van der Waals surface area (Å²) in [5.74, 6) is 0.0584. The molecule has 86 valence electrons. The fourth-order valence-corrected chi connectivity index (χ4v) is 1.62. The predicted molar refractivity (Wildman–Crippen MR) is 67.9 cm³/mol. The van der Waals surface area contributed by atoms with Gasteiger partial charge in [0, 0.05) is 29.6 Å². The number of ketones is 1. The predicted octanol–water partition coefficient (Wildman–Crippen LogP) is 2.40. The van der Waals surface area contributed by atoms with Crippen molar-refractivity contribution in [2.75, 3.05) is 5.73 Å². The number of nitrogen functional groups attached to an aromatic ring is 1. The van der Waals surface area contributed by atoms with Gasteiger partial charge in [-0.05, 0) is 36.8 Å². The Morgan fingerprint density at radius 1 is 1.29 bits per heavy atom. The minimum absolute atomic E-state index is 0.0584. The number of hydrogen-bond donors (Lipinski definition) is 1. The lowest BCUT2D eigenvalue weighted by Crippen LogP contribution is -2.04. The van der Waals surface area contributed by atoms with Gasteiger partial charge in [0.2, 0.25) is 0 Å². The molecule has 17 heavy (non-hydrogen) atoms. The van der Waals surface area contributed by atoms with Gasteiger partial charge in [-0.1, -0.05) is 12.1 Å². The molecule has 0 fully saturated rings. The maximum absolute atomic E-state index is 12.0. The van der Waals surface area contributed by atoms with E-state index < -0.39 is 0 Å². The summed E-state index contributed by atoms with van der Waals surface area (Å²) in [6.45, 7) is 1.89. The van der Waals surface area contributed by atoms with E-state index in [4.69, 9.17) is 5.73 Å². The molecular weight excluding hydrogens is 212 g/mol. The van der Waals surface area contributed by atoms with Crippen LogP contribution in [0.3, 0.4) is 0 Å². The van der Waals surface area contributed by atoms with Crippen molar-refractivity contribution in [1.29, 1.82) is 0 Å². The number of aryl methyl sites for hydroxylation is 1. The zero-order valence-corrected chi connectivity index (χ0v) is 9.68. The second-order valence-electron chi connectivity index (χ2n) is 4.03. The molecule has 1 aromatic heterocycles. The number of rotatable bonds is 3. The van der Waals surface area contributed by atoms with Gasteiger partial charge in [-0.25, -0.2) is 0 Å². The maximum atomic E-state index is 12.0. The molecule has 2 rings (SSSR count). The van der Waals surface area contributed by atoms with Crippen molar-refractivity contribution in [3.05, 3.63) is 59.4 Å². The van der Waals surface area contributed by atoms with Gasteiger partial charge in [-0.2, -0.15) is 0 Å². The average Bonchev–Trinajstić information content (AvgIpc) is 2.29. The molecule has 0 radical (unpaired) electrons. The molecule has 0 bridgehead atoms. The monoisotopic (exact) mass is 226 g/mol. The first kappa shape index (κ1) is 11.3. The number of anilines is 1. The van der Waals surface area contributed by atoms with Crippen LogP contribution in [0.4, 0.5) is 5.69 Å². The third-order valence-corrected chi connectivity index (χ3v) is 2.55. The second kappa shape index (κ2) is 4.78. The summed E-state index contributed by atoms with van der Waals surface area (Å²) in [6.07, 6.45) is 1.97. The lowest BCUT2D eigenvalue weighted by atomic mass is 10.0. The minimum atomic E-state index is 0.0584. The van der Waals surface area contributed by atoms with Crippen molar-refractivity contribution in [3.8, 4) is 0 Å². The number of aromatic nitrogens is 1. The lowest BCUT2D eigenvalue weighted by molar-refractivity contribution is 0.0992. The number of pyridine rings is 1. The molecule has 3 heteroatoms. The Hall–Kier alpha value is -2.16. The normalized spacial score (nSPS) is 10.2. The number of carbonyl (C=O) groups excluding carboxylic acids is 1. The lowest BCUT2D eigenvalue weighted by Gasteiger charge is -2.02. The number of benzene rings is 1. The van der Waals surface area contributed by atoms with Gasteiger partial charge in [0.25, 0.3) is 0 Å². The SMILES string of the molecule is Cc1ccc(C(=O)Cc2cccc(N)c2)cn1. The van der Waals surface area contributed by atoms with Gasteiger partial charge in [-0.3, -0.25) is 9.78 Å². The van der Waals surface area contributed by atoms with Gasteiger partial charge in [0.1, 0.15) is 0 Å². The van der Waals surface area contributed by atoms with E-state index in [1.54, 1.807) is 18.3 Å². The van der Waals surface area contributed by atoms with Crippen LogP contribution in [0.15, 0.2) is 42.6 Å². The highest BCUT2D eigenvalue weighted by Crippen LogP contribution is 2.10. The third-order valence-electron chi connectivity index (χ3n) is 2.55. The first-order valence-electron chi connectivity index (χ1n) is 5.45. The van der Waals surface area contributed by atoms with Crippen molar-refractivity contribution >= 4 is 11.5 Å². The van der Waals surface area contributed by atoms with Crippen LogP contribution in [0.25, 0.3) is 0 Å². The van der Waals surface area contributed by atoms with E-state index in [1.807, 2.05) is 31.2 Å². The summed E-state index contributed by atoms with van der Waals surface area (Å²) in [4.78, 5) is 16.1. The van der Waals surface area contributed by atoms with Crippen LogP contribution in [0.5, 0.6) is 0 Å². The number of nitrogens with two attached hydrogens (primary N) is 1. The number of carbonyl (C=O) groups is 1. The first-order valence-corrected chi connectivity index (χ1v) is 5.45. The summed E-state index contributed by atoms with van der Waals surface area (Å²) in [5.41, 5.74) is 8.82. The highest BCUT2D eigenvalue weighted by Gasteiger charge is 2.07. The molecule has 1 aromatic carbocycles. The van der Waals surface area contributed by atoms with Crippen LogP contribution in [-0.2, 0) is 6.42 Å². The smallest absolute Gasteiger partial charge is 0.168 e. The van der Waals surface area contributed by atoms with Crippen LogP contribution in [-0.4, -0.2) is 10.8 Å². The van der Waals surface area contributed by atoms with Crippen molar-refractivity contribution < 1.29 is 4.79 Å². The second-order valence-corrected chi connectivity index (χ2v) is 4.03.